The summed E-state index contributed by atoms with van der Waals surface area (Å²) in [7, 11) is -9.91. The molecule has 0 aliphatic rings. The molecule has 97 heavy (non-hydrogen) atoms. The Balaban J connectivity index is 5.23. The van der Waals surface area contributed by atoms with E-state index >= 15 is 0 Å². The average molecular weight is 1420 g/mol. The van der Waals surface area contributed by atoms with E-state index in [0.29, 0.717) is 31.6 Å². The molecule has 17 nitrogen and oxygen atoms in total. The van der Waals surface area contributed by atoms with Crippen LogP contribution in [-0.2, 0) is 65.4 Å². The van der Waals surface area contributed by atoms with E-state index in [-0.39, 0.29) is 25.7 Å². The molecule has 0 aromatic rings. The van der Waals surface area contributed by atoms with Crippen LogP contribution in [0.1, 0.15) is 408 Å². The Morgan fingerprint density at radius 1 is 0.278 bits per heavy atom. The Kier molecular flexibility index (Phi) is 68.4. The second-order valence-corrected chi connectivity index (χ2v) is 32.0. The lowest BCUT2D eigenvalue weighted by Crippen LogP contribution is -2.30. The van der Waals surface area contributed by atoms with E-state index in [1.54, 1.807) is 0 Å². The molecule has 0 aliphatic heterocycles. The molecule has 19 heteroatoms. The SMILES string of the molecule is CCCCCCCCCCCCCCCCCCCC(=O)OC[C@H](COP(=O)(O)OC[C@@H](O)COP(=O)(O)OC[C@@H](COC(=O)CCCCCCCCC(C)C)OC(=O)CCCCCCCCCCCCCC(C)C)OC(=O)CCCCCCCCCCCCCCCCCCC. The van der Waals surface area contributed by atoms with Crippen LogP contribution in [0.5, 0.6) is 0 Å². The molecule has 0 heterocycles. The zero-order chi connectivity index (χ0) is 71.4. The Labute approximate surface area is 594 Å². The van der Waals surface area contributed by atoms with Crippen molar-refractivity contribution in [3.63, 3.8) is 0 Å². The van der Waals surface area contributed by atoms with Gasteiger partial charge in [0.1, 0.15) is 19.3 Å². The molecular formula is C78H152O17P2. The standard InChI is InChI=1S/C78H152O17P2/c1-7-9-11-13-15-17-19-21-23-25-27-29-33-37-41-48-54-60-75(80)88-66-73(94-77(82)62-56-50-42-38-34-30-28-26-24-22-20-18-16-14-12-10-8-2)68-92-96(84,85)90-64-72(79)65-91-97(86,87)93-69-74(67-89-76(81)61-55-49-45-44-47-53-59-71(5)6)95-78(83)63-57-51-43-39-35-31-32-36-40-46-52-58-70(3)4/h70-74,79H,7-69H2,1-6H3,(H,84,85)(H,86,87)/t72-,73-,74-/m1/s1. The molecular weight excluding hydrogens is 1270 g/mol. The zero-order valence-corrected chi connectivity index (χ0v) is 65.2. The number of ether oxygens (including phenoxy) is 4. The Morgan fingerprint density at radius 3 is 0.701 bits per heavy atom. The van der Waals surface area contributed by atoms with Crippen LogP contribution >= 0.6 is 15.6 Å². The van der Waals surface area contributed by atoms with Gasteiger partial charge >= 0.3 is 39.5 Å². The number of phosphoric ester groups is 2. The van der Waals surface area contributed by atoms with E-state index < -0.39 is 97.5 Å². The van der Waals surface area contributed by atoms with Gasteiger partial charge in [-0.2, -0.15) is 0 Å². The fourth-order valence-electron chi connectivity index (χ4n) is 12.0. The molecule has 0 bridgehead atoms. The highest BCUT2D eigenvalue weighted by Gasteiger charge is 2.30. The van der Waals surface area contributed by atoms with Gasteiger partial charge in [0.05, 0.1) is 26.4 Å². The van der Waals surface area contributed by atoms with Gasteiger partial charge in [-0.15, -0.1) is 0 Å². The van der Waals surface area contributed by atoms with Gasteiger partial charge in [-0.25, -0.2) is 9.13 Å². The summed E-state index contributed by atoms with van der Waals surface area (Å²) in [5.74, 6) is -0.669. The Hall–Kier alpha value is -1.94. The number of phosphoric acid groups is 2. The minimum absolute atomic E-state index is 0.106. The van der Waals surface area contributed by atoms with Crippen molar-refractivity contribution in [1.82, 2.24) is 0 Å². The van der Waals surface area contributed by atoms with Crippen molar-refractivity contribution in [3.8, 4) is 0 Å². The fraction of sp³-hybridized carbons (Fsp3) is 0.949. The first-order valence-electron chi connectivity index (χ1n) is 40.5. The second kappa shape index (κ2) is 69.8. The number of aliphatic hydroxyl groups excluding tert-OH is 1. The number of carbonyl (C=O) groups excluding carboxylic acids is 4. The molecule has 576 valence electrons. The topological polar surface area (TPSA) is 237 Å². The van der Waals surface area contributed by atoms with Gasteiger partial charge in [-0.1, -0.05) is 356 Å². The summed E-state index contributed by atoms with van der Waals surface area (Å²) in [5, 5.41) is 10.6. The predicted octanol–water partition coefficient (Wildman–Crippen LogP) is 23.1. The molecule has 0 spiro atoms. The molecule has 0 rings (SSSR count). The van der Waals surface area contributed by atoms with Crippen LogP contribution in [0.2, 0.25) is 0 Å². The molecule has 0 fully saturated rings. The Bertz CT molecular complexity index is 1870. The maximum absolute atomic E-state index is 13.1. The van der Waals surface area contributed by atoms with E-state index in [0.717, 1.165) is 102 Å². The molecule has 3 N–H and O–H groups in total. The smallest absolute Gasteiger partial charge is 0.462 e. The molecule has 0 aromatic carbocycles. The van der Waals surface area contributed by atoms with Gasteiger partial charge in [0.15, 0.2) is 12.2 Å². The normalized spacial score (nSPS) is 14.0. The van der Waals surface area contributed by atoms with Crippen molar-refractivity contribution in [2.24, 2.45) is 11.8 Å². The minimum Gasteiger partial charge on any atom is -0.462 e. The van der Waals surface area contributed by atoms with E-state index in [9.17, 15) is 43.2 Å². The van der Waals surface area contributed by atoms with Crippen molar-refractivity contribution >= 4 is 39.5 Å². The van der Waals surface area contributed by atoms with Crippen LogP contribution in [0.4, 0.5) is 0 Å². The van der Waals surface area contributed by atoms with Crippen LogP contribution in [-0.4, -0.2) is 96.7 Å². The third-order valence-corrected chi connectivity index (χ3v) is 20.1. The first kappa shape index (κ1) is 95.1. The highest BCUT2D eigenvalue weighted by Crippen LogP contribution is 2.45. The predicted molar refractivity (Wildman–Crippen MR) is 395 cm³/mol. The van der Waals surface area contributed by atoms with Crippen molar-refractivity contribution in [2.45, 2.75) is 426 Å². The number of aliphatic hydroxyl groups is 1. The molecule has 0 amide bonds. The number of unbranched alkanes of at least 4 members (excludes halogenated alkanes) is 47. The molecule has 0 aromatic heterocycles. The van der Waals surface area contributed by atoms with E-state index in [1.165, 1.54) is 218 Å². The van der Waals surface area contributed by atoms with Gasteiger partial charge in [0, 0.05) is 25.7 Å². The molecule has 0 radical (unpaired) electrons. The van der Waals surface area contributed by atoms with Crippen molar-refractivity contribution in [1.29, 1.82) is 0 Å². The molecule has 2 unspecified atom stereocenters. The Morgan fingerprint density at radius 2 is 0.474 bits per heavy atom. The maximum Gasteiger partial charge on any atom is 0.472 e. The minimum atomic E-state index is -4.96. The maximum atomic E-state index is 13.1. The number of carbonyl (C=O) groups is 4. The van der Waals surface area contributed by atoms with Crippen LogP contribution in [0, 0.1) is 11.8 Å². The fourth-order valence-corrected chi connectivity index (χ4v) is 13.6. The summed E-state index contributed by atoms with van der Waals surface area (Å²) >= 11 is 0. The largest absolute Gasteiger partial charge is 0.472 e. The average Bonchev–Trinajstić information content (AvgIpc) is 2.49. The van der Waals surface area contributed by atoms with E-state index in [1.807, 2.05) is 0 Å². The van der Waals surface area contributed by atoms with E-state index in [4.69, 9.17) is 37.0 Å². The lowest BCUT2D eigenvalue weighted by atomic mass is 10.0. The quantitative estimate of drug-likeness (QED) is 0.0222. The monoisotopic (exact) mass is 1420 g/mol. The third-order valence-electron chi connectivity index (χ3n) is 18.2. The van der Waals surface area contributed by atoms with Crippen molar-refractivity contribution in [3.05, 3.63) is 0 Å². The van der Waals surface area contributed by atoms with Gasteiger partial charge in [0.2, 0.25) is 0 Å². The number of rotatable bonds is 77. The summed E-state index contributed by atoms with van der Waals surface area (Å²) in [4.78, 5) is 72.9. The van der Waals surface area contributed by atoms with Crippen molar-refractivity contribution < 1.29 is 80.2 Å². The third kappa shape index (κ3) is 72.2. The number of hydrogen-bond acceptors (Lipinski definition) is 15. The summed E-state index contributed by atoms with van der Waals surface area (Å²) in [6.45, 7) is 9.53. The lowest BCUT2D eigenvalue weighted by Gasteiger charge is -2.21. The zero-order valence-electron chi connectivity index (χ0n) is 63.4. The summed E-state index contributed by atoms with van der Waals surface area (Å²) < 4.78 is 68.6. The second-order valence-electron chi connectivity index (χ2n) is 29.1. The van der Waals surface area contributed by atoms with Crippen LogP contribution in [0.25, 0.3) is 0 Å². The first-order valence-corrected chi connectivity index (χ1v) is 43.5. The lowest BCUT2D eigenvalue weighted by molar-refractivity contribution is -0.161. The number of esters is 4. The molecule has 0 aliphatic carbocycles. The highest BCUT2D eigenvalue weighted by atomic mass is 31.2. The number of hydrogen-bond donors (Lipinski definition) is 3. The van der Waals surface area contributed by atoms with Crippen LogP contribution in [0.15, 0.2) is 0 Å². The molecule has 5 atom stereocenters. The van der Waals surface area contributed by atoms with E-state index in [2.05, 4.69) is 41.5 Å². The van der Waals surface area contributed by atoms with Crippen LogP contribution < -0.4 is 0 Å². The van der Waals surface area contributed by atoms with Crippen LogP contribution in [0.3, 0.4) is 0 Å². The van der Waals surface area contributed by atoms with Crippen molar-refractivity contribution in [2.75, 3.05) is 39.6 Å². The highest BCUT2D eigenvalue weighted by molar-refractivity contribution is 7.47. The van der Waals surface area contributed by atoms with Gasteiger partial charge < -0.3 is 33.8 Å². The van der Waals surface area contributed by atoms with Gasteiger partial charge in [0.25, 0.3) is 0 Å². The van der Waals surface area contributed by atoms with Gasteiger partial charge in [-0.3, -0.25) is 37.3 Å². The summed E-state index contributed by atoms with van der Waals surface area (Å²) in [6, 6.07) is 0. The summed E-state index contributed by atoms with van der Waals surface area (Å²) in [5.41, 5.74) is 0. The first-order chi connectivity index (χ1) is 46.9. The molecule has 0 saturated heterocycles. The summed E-state index contributed by atoms with van der Waals surface area (Å²) in [6.07, 6.45) is 58.4. The van der Waals surface area contributed by atoms with Gasteiger partial charge in [-0.05, 0) is 37.5 Å². The molecule has 0 saturated carbocycles.